The first-order chi connectivity index (χ1) is 26.1. The van der Waals surface area contributed by atoms with Crippen molar-refractivity contribution in [3.63, 3.8) is 0 Å². The molecule has 54 heavy (non-hydrogen) atoms. The molecular formula is C43H58N4O7. The predicted octanol–water partition coefficient (Wildman–Crippen LogP) is 5.73. The normalized spacial score (nSPS) is 23.7. The molecule has 7 atom stereocenters. The van der Waals surface area contributed by atoms with Crippen molar-refractivity contribution in [2.45, 2.75) is 102 Å². The standard InChI is InChI=1S/C43H58N4O7/c1-6-10-20-35(49)44-30(5)38(31-18-14-13-15-19-31)53-42(52)36-34-25-26-43(54-34)37(36)40(50)47(28-16-11-12-17-29-48)39(43)41(51)46(27-7-2)33-23-21-32(22-24-33)45(8-3)9-4/h6-7,13-15,18-19,21-24,30,34,36-39,48H,1-2,8-12,16-17,20,25-29H2,3-5H3,(H,44,49)/t30-,34-,36+,37+,38-,39-,43+/m1/s1. The third-order valence-corrected chi connectivity index (χ3v) is 11.3. The molecule has 292 valence electrons. The SMILES string of the molecule is C=CCCC(=O)N[C@H](C)[C@@H](OC(=O)[C@@H]1[C@H]2C(=O)N(CCCCCCO)[C@H](C(=O)N(CC=C)c3ccc(N(CC)CC)cc3)[C@]23CC[C@H]1O3)c1ccccc1. The summed E-state index contributed by atoms with van der Waals surface area (Å²) in [5.41, 5.74) is 1.24. The van der Waals surface area contributed by atoms with Crippen LogP contribution in [0.3, 0.4) is 0 Å². The molecule has 3 heterocycles. The summed E-state index contributed by atoms with van der Waals surface area (Å²) in [6.45, 7) is 16.0. The summed E-state index contributed by atoms with van der Waals surface area (Å²) >= 11 is 0. The fourth-order valence-electron chi connectivity index (χ4n) is 8.66. The lowest BCUT2D eigenvalue weighted by Crippen LogP contribution is -2.56. The zero-order valence-corrected chi connectivity index (χ0v) is 32.2. The smallest absolute Gasteiger partial charge is 0.313 e. The van der Waals surface area contributed by atoms with E-state index in [2.05, 4.69) is 37.2 Å². The molecule has 1 spiro atoms. The van der Waals surface area contributed by atoms with Gasteiger partial charge in [-0.1, -0.05) is 55.3 Å². The predicted molar refractivity (Wildman–Crippen MR) is 210 cm³/mol. The molecule has 2 N–H and O–H groups in total. The van der Waals surface area contributed by atoms with Gasteiger partial charge in [-0.15, -0.1) is 13.2 Å². The van der Waals surface area contributed by atoms with Gasteiger partial charge in [0.15, 0.2) is 0 Å². The molecule has 3 fully saturated rings. The fraction of sp³-hybridized carbons (Fsp3) is 0.535. The van der Waals surface area contributed by atoms with E-state index in [0.717, 1.165) is 31.6 Å². The van der Waals surface area contributed by atoms with Crippen LogP contribution in [0.2, 0.25) is 0 Å². The molecule has 11 nitrogen and oxygen atoms in total. The number of rotatable bonds is 21. The first-order valence-electron chi connectivity index (χ1n) is 19.7. The second-order valence-electron chi connectivity index (χ2n) is 14.6. The van der Waals surface area contributed by atoms with Crippen LogP contribution < -0.4 is 15.1 Å². The summed E-state index contributed by atoms with van der Waals surface area (Å²) < 4.78 is 13.0. The highest BCUT2D eigenvalue weighted by Gasteiger charge is 2.75. The number of unbranched alkanes of at least 4 members (excludes halogenated alkanes) is 3. The number of nitrogens with one attached hydrogen (secondary N) is 1. The molecule has 0 radical (unpaired) electrons. The average molecular weight is 743 g/mol. The van der Waals surface area contributed by atoms with Crippen molar-refractivity contribution >= 4 is 35.1 Å². The second kappa shape index (κ2) is 18.7. The molecule has 0 saturated carbocycles. The van der Waals surface area contributed by atoms with Crippen LogP contribution in [0.4, 0.5) is 11.4 Å². The van der Waals surface area contributed by atoms with E-state index >= 15 is 0 Å². The Kier molecular flexibility index (Phi) is 14.1. The summed E-state index contributed by atoms with van der Waals surface area (Å²) in [6, 6.07) is 15.6. The Morgan fingerprint density at radius 2 is 1.70 bits per heavy atom. The minimum Gasteiger partial charge on any atom is -0.455 e. The Labute approximate surface area is 320 Å². The molecular weight excluding hydrogens is 684 g/mol. The lowest BCUT2D eigenvalue weighted by molar-refractivity contribution is -0.162. The Morgan fingerprint density at radius 3 is 2.35 bits per heavy atom. The molecule has 5 rings (SSSR count). The molecule has 3 aliphatic heterocycles. The Hall–Kier alpha value is -4.48. The van der Waals surface area contributed by atoms with Crippen LogP contribution in [-0.2, 0) is 28.7 Å². The van der Waals surface area contributed by atoms with Crippen molar-refractivity contribution in [1.82, 2.24) is 10.2 Å². The molecule has 0 aromatic heterocycles. The van der Waals surface area contributed by atoms with Crippen LogP contribution in [0.5, 0.6) is 0 Å². The first-order valence-corrected chi connectivity index (χ1v) is 19.7. The van der Waals surface area contributed by atoms with Gasteiger partial charge in [0.1, 0.15) is 17.7 Å². The zero-order chi connectivity index (χ0) is 38.8. The third kappa shape index (κ3) is 8.42. The summed E-state index contributed by atoms with van der Waals surface area (Å²) in [4.78, 5) is 62.4. The zero-order valence-electron chi connectivity index (χ0n) is 32.2. The molecule has 2 aromatic carbocycles. The number of ether oxygens (including phenoxy) is 2. The summed E-state index contributed by atoms with van der Waals surface area (Å²) in [5.74, 6) is -3.14. The number of hydrogen-bond acceptors (Lipinski definition) is 8. The van der Waals surface area contributed by atoms with E-state index in [-0.39, 0.29) is 37.3 Å². The van der Waals surface area contributed by atoms with Crippen molar-refractivity contribution in [1.29, 1.82) is 0 Å². The monoisotopic (exact) mass is 742 g/mol. The highest BCUT2D eigenvalue weighted by molar-refractivity contribution is 6.04. The maximum absolute atomic E-state index is 15.0. The first kappa shape index (κ1) is 40.7. The van der Waals surface area contributed by atoms with E-state index in [1.807, 2.05) is 54.6 Å². The lowest BCUT2D eigenvalue weighted by atomic mass is 9.70. The minimum atomic E-state index is -1.21. The van der Waals surface area contributed by atoms with E-state index in [4.69, 9.17) is 9.47 Å². The number of carbonyl (C=O) groups is 4. The van der Waals surface area contributed by atoms with E-state index in [0.29, 0.717) is 49.9 Å². The molecule has 0 aliphatic carbocycles. The molecule has 2 aromatic rings. The van der Waals surface area contributed by atoms with Gasteiger partial charge in [0.05, 0.1) is 24.0 Å². The number of hydrogen-bond donors (Lipinski definition) is 2. The largest absolute Gasteiger partial charge is 0.455 e. The number of aliphatic hydroxyl groups excluding tert-OH is 1. The van der Waals surface area contributed by atoms with Crippen LogP contribution >= 0.6 is 0 Å². The van der Waals surface area contributed by atoms with Crippen LogP contribution in [-0.4, -0.2) is 90.3 Å². The van der Waals surface area contributed by atoms with Crippen molar-refractivity contribution in [2.75, 3.05) is 42.6 Å². The van der Waals surface area contributed by atoms with Crippen LogP contribution in [0.1, 0.15) is 83.8 Å². The Bertz CT molecular complexity index is 1610. The van der Waals surface area contributed by atoms with E-state index in [1.165, 1.54) is 0 Å². The van der Waals surface area contributed by atoms with Gasteiger partial charge in [-0.2, -0.15) is 0 Å². The fourth-order valence-corrected chi connectivity index (χ4v) is 8.66. The van der Waals surface area contributed by atoms with Crippen molar-refractivity contribution < 1.29 is 33.8 Å². The van der Waals surface area contributed by atoms with Crippen LogP contribution in [0.25, 0.3) is 0 Å². The third-order valence-electron chi connectivity index (χ3n) is 11.3. The van der Waals surface area contributed by atoms with Gasteiger partial charge in [0, 0.05) is 50.6 Å². The number of anilines is 2. The van der Waals surface area contributed by atoms with Crippen molar-refractivity contribution in [3.05, 3.63) is 85.5 Å². The summed E-state index contributed by atoms with van der Waals surface area (Å²) in [6.07, 6.45) is 6.54. The number of fused-ring (bicyclic) bond motifs is 1. The average Bonchev–Trinajstić information content (AvgIpc) is 3.83. The van der Waals surface area contributed by atoms with Crippen LogP contribution in [0, 0.1) is 11.8 Å². The van der Waals surface area contributed by atoms with Gasteiger partial charge in [-0.3, -0.25) is 19.2 Å². The molecule has 3 aliphatic rings. The van der Waals surface area contributed by atoms with E-state index < -0.39 is 47.7 Å². The van der Waals surface area contributed by atoms with Crippen molar-refractivity contribution in [2.24, 2.45) is 11.8 Å². The van der Waals surface area contributed by atoms with Gasteiger partial charge in [0.25, 0.3) is 5.91 Å². The van der Waals surface area contributed by atoms with E-state index in [1.54, 1.807) is 28.9 Å². The number of benzene rings is 2. The quantitative estimate of drug-likeness (QED) is 0.0943. The van der Waals surface area contributed by atoms with Gasteiger partial charge < -0.3 is 34.6 Å². The van der Waals surface area contributed by atoms with Crippen LogP contribution in [0.15, 0.2) is 79.9 Å². The topological polar surface area (TPSA) is 129 Å². The maximum atomic E-state index is 15.0. The Balaban J connectivity index is 1.46. The number of amides is 3. The highest BCUT2D eigenvalue weighted by atomic mass is 16.6. The summed E-state index contributed by atoms with van der Waals surface area (Å²) in [7, 11) is 0. The lowest BCUT2D eigenvalue weighted by Gasteiger charge is -2.37. The molecule has 11 heteroatoms. The minimum absolute atomic E-state index is 0.0959. The highest BCUT2D eigenvalue weighted by Crippen LogP contribution is 2.59. The van der Waals surface area contributed by atoms with Gasteiger partial charge >= 0.3 is 5.97 Å². The number of allylic oxidation sites excluding steroid dienone is 1. The number of aliphatic hydroxyl groups is 1. The number of likely N-dealkylation sites (tertiary alicyclic amines) is 1. The van der Waals surface area contributed by atoms with Gasteiger partial charge in [0.2, 0.25) is 11.8 Å². The van der Waals surface area contributed by atoms with Gasteiger partial charge in [-0.25, -0.2) is 0 Å². The number of esters is 1. The maximum Gasteiger partial charge on any atom is 0.313 e. The number of carbonyl (C=O) groups excluding carboxylic acids is 4. The van der Waals surface area contributed by atoms with Crippen molar-refractivity contribution in [3.8, 4) is 0 Å². The molecule has 3 saturated heterocycles. The summed E-state index contributed by atoms with van der Waals surface area (Å²) in [5, 5.41) is 12.3. The second-order valence-corrected chi connectivity index (χ2v) is 14.6. The van der Waals surface area contributed by atoms with Gasteiger partial charge in [-0.05, 0) is 82.7 Å². The molecule has 2 bridgehead atoms. The van der Waals surface area contributed by atoms with E-state index in [9.17, 15) is 24.3 Å². The Morgan fingerprint density at radius 1 is 1.02 bits per heavy atom. The molecule has 0 unspecified atom stereocenters. The number of nitrogens with zero attached hydrogens (tertiary/aromatic N) is 3. The molecule has 3 amide bonds.